The molecule has 0 bridgehead atoms. The summed E-state index contributed by atoms with van der Waals surface area (Å²) in [7, 11) is 2.01. The number of hydrogen-bond acceptors (Lipinski definition) is 5. The molecule has 0 spiro atoms. The molecule has 1 unspecified atom stereocenters. The average molecular weight is 370 g/mol. The first-order valence-electron chi connectivity index (χ1n) is 8.47. The quantitative estimate of drug-likeness (QED) is 0.723. The first-order valence-corrected chi connectivity index (χ1v) is 9.29. The van der Waals surface area contributed by atoms with Crippen molar-refractivity contribution < 1.29 is 19.2 Å². The van der Waals surface area contributed by atoms with E-state index in [4.69, 9.17) is 14.5 Å². The Morgan fingerprint density at radius 2 is 2.08 bits per heavy atom. The summed E-state index contributed by atoms with van der Waals surface area (Å²) in [4.78, 5) is 18.2. The lowest BCUT2D eigenvalue weighted by molar-refractivity contribution is -0.902. The van der Waals surface area contributed by atoms with E-state index < -0.39 is 0 Å². The van der Waals surface area contributed by atoms with E-state index >= 15 is 0 Å². The van der Waals surface area contributed by atoms with Gasteiger partial charge in [0.2, 0.25) is 6.79 Å². The molecule has 6 nitrogen and oxygen atoms in total. The number of hydrogen-bond donors (Lipinski definition) is 2. The van der Waals surface area contributed by atoms with Gasteiger partial charge >= 0.3 is 0 Å². The number of nitrogens with zero attached hydrogens (tertiary/aromatic N) is 1. The van der Waals surface area contributed by atoms with E-state index in [1.54, 1.807) is 23.5 Å². The monoisotopic (exact) mass is 370 g/mol. The maximum atomic E-state index is 12.4. The van der Waals surface area contributed by atoms with Crippen LogP contribution in [-0.4, -0.2) is 31.3 Å². The van der Waals surface area contributed by atoms with Crippen molar-refractivity contribution in [1.82, 2.24) is 4.98 Å². The second-order valence-electron chi connectivity index (χ2n) is 6.38. The number of anilines is 1. The Balaban J connectivity index is 1.40. The van der Waals surface area contributed by atoms with Crippen LogP contribution in [0.1, 0.15) is 18.0 Å². The molecule has 26 heavy (non-hydrogen) atoms. The van der Waals surface area contributed by atoms with Crippen molar-refractivity contribution in [1.29, 1.82) is 0 Å². The predicted octanol–water partition coefficient (Wildman–Crippen LogP) is 2.24. The standard InChI is InChI=1S/C19H19N3O3S/c1-12(19-21-14-5-3-4-6-17(14)26-19)22(2)10-18(23)20-13-7-8-15-16(9-13)25-11-24-15/h3-9,12H,10-11H2,1-2H3,(H,20,23)/p+1/t12-/m0/s1. The molecule has 2 heterocycles. The van der Waals surface area contributed by atoms with Gasteiger partial charge in [-0.15, -0.1) is 11.3 Å². The SMILES string of the molecule is C[C@@H](c1nc2ccccc2s1)[NH+](C)CC(=O)Nc1ccc2c(c1)OCO2. The molecule has 0 saturated heterocycles. The summed E-state index contributed by atoms with van der Waals surface area (Å²) in [6.07, 6.45) is 0. The number of ether oxygens (including phenoxy) is 2. The molecule has 2 atom stereocenters. The molecule has 7 heteroatoms. The minimum atomic E-state index is -0.0469. The molecule has 0 radical (unpaired) electrons. The average Bonchev–Trinajstić information content (AvgIpc) is 3.26. The van der Waals surface area contributed by atoms with Crippen LogP contribution in [0.4, 0.5) is 5.69 Å². The summed E-state index contributed by atoms with van der Waals surface area (Å²) >= 11 is 1.68. The number of nitrogens with one attached hydrogen (secondary N) is 2. The van der Waals surface area contributed by atoms with Gasteiger partial charge in [0, 0.05) is 11.8 Å². The van der Waals surface area contributed by atoms with Gasteiger partial charge in [-0.25, -0.2) is 4.98 Å². The topological polar surface area (TPSA) is 64.9 Å². The van der Waals surface area contributed by atoms with Crippen molar-refractivity contribution in [2.75, 3.05) is 25.7 Å². The number of rotatable bonds is 5. The third kappa shape index (κ3) is 3.36. The molecule has 1 aromatic heterocycles. The van der Waals surface area contributed by atoms with Crippen LogP contribution in [0.25, 0.3) is 10.2 Å². The fraction of sp³-hybridized carbons (Fsp3) is 0.263. The number of para-hydroxylation sites is 1. The van der Waals surface area contributed by atoms with Gasteiger partial charge in [-0.1, -0.05) is 12.1 Å². The summed E-state index contributed by atoms with van der Waals surface area (Å²) in [6.45, 7) is 2.67. The zero-order chi connectivity index (χ0) is 18.1. The lowest BCUT2D eigenvalue weighted by atomic mass is 10.2. The largest absolute Gasteiger partial charge is 0.454 e. The number of fused-ring (bicyclic) bond motifs is 2. The summed E-state index contributed by atoms with van der Waals surface area (Å²) in [6, 6.07) is 13.6. The zero-order valence-corrected chi connectivity index (χ0v) is 15.4. The molecule has 2 aromatic carbocycles. The number of aromatic nitrogens is 1. The van der Waals surface area contributed by atoms with Gasteiger partial charge in [0.1, 0.15) is 6.04 Å². The van der Waals surface area contributed by atoms with Crippen LogP contribution >= 0.6 is 11.3 Å². The van der Waals surface area contributed by atoms with Crippen molar-refractivity contribution in [2.24, 2.45) is 0 Å². The Morgan fingerprint density at radius 1 is 1.27 bits per heavy atom. The van der Waals surface area contributed by atoms with Crippen LogP contribution in [-0.2, 0) is 4.79 Å². The highest BCUT2D eigenvalue weighted by molar-refractivity contribution is 7.18. The van der Waals surface area contributed by atoms with Crippen LogP contribution in [0.3, 0.4) is 0 Å². The van der Waals surface area contributed by atoms with E-state index in [1.165, 1.54) is 4.70 Å². The fourth-order valence-electron chi connectivity index (χ4n) is 2.87. The van der Waals surface area contributed by atoms with Crippen molar-refractivity contribution in [2.45, 2.75) is 13.0 Å². The highest BCUT2D eigenvalue weighted by Gasteiger charge is 2.22. The molecular weight excluding hydrogens is 350 g/mol. The molecular formula is C19H20N3O3S+. The molecule has 0 fully saturated rings. The maximum absolute atomic E-state index is 12.4. The number of benzene rings is 2. The van der Waals surface area contributed by atoms with Crippen LogP contribution in [0.15, 0.2) is 42.5 Å². The van der Waals surface area contributed by atoms with E-state index in [9.17, 15) is 4.79 Å². The van der Waals surface area contributed by atoms with Gasteiger partial charge in [-0.05, 0) is 31.2 Å². The number of likely N-dealkylation sites (N-methyl/N-ethyl adjacent to an activating group) is 1. The van der Waals surface area contributed by atoms with Gasteiger partial charge in [0.05, 0.1) is 17.3 Å². The molecule has 4 rings (SSSR count). The summed E-state index contributed by atoms with van der Waals surface area (Å²) in [5.41, 5.74) is 1.72. The van der Waals surface area contributed by atoms with Crippen molar-refractivity contribution in [3.05, 3.63) is 47.5 Å². The highest BCUT2D eigenvalue weighted by Crippen LogP contribution is 2.34. The number of carbonyl (C=O) groups excluding carboxylic acids is 1. The van der Waals surface area contributed by atoms with Gasteiger partial charge in [-0.2, -0.15) is 0 Å². The molecule has 1 aliphatic heterocycles. The second kappa shape index (κ2) is 6.93. The van der Waals surface area contributed by atoms with Crippen molar-refractivity contribution in [3.8, 4) is 11.5 Å². The Bertz CT molecular complexity index is 923. The molecule has 134 valence electrons. The third-order valence-corrected chi connectivity index (χ3v) is 5.73. The zero-order valence-electron chi connectivity index (χ0n) is 14.6. The molecule has 1 amide bonds. The molecule has 2 N–H and O–H groups in total. The van der Waals surface area contributed by atoms with E-state index in [1.807, 2.05) is 31.3 Å². The van der Waals surface area contributed by atoms with E-state index in [2.05, 4.69) is 18.3 Å². The van der Waals surface area contributed by atoms with Crippen molar-refractivity contribution >= 4 is 33.1 Å². The van der Waals surface area contributed by atoms with Crippen LogP contribution < -0.4 is 19.7 Å². The first kappa shape index (κ1) is 16.8. The highest BCUT2D eigenvalue weighted by atomic mass is 32.1. The van der Waals surface area contributed by atoms with Gasteiger partial charge in [0.15, 0.2) is 23.1 Å². The second-order valence-corrected chi connectivity index (χ2v) is 7.44. The normalized spacial score (nSPS) is 15.0. The Hall–Kier alpha value is -2.64. The molecule has 0 saturated carbocycles. The number of thiazole rings is 1. The van der Waals surface area contributed by atoms with Gasteiger partial charge in [-0.3, -0.25) is 4.79 Å². The van der Waals surface area contributed by atoms with Gasteiger partial charge < -0.3 is 19.7 Å². The predicted molar refractivity (Wildman–Crippen MR) is 101 cm³/mol. The van der Waals surface area contributed by atoms with Crippen LogP contribution in [0, 0.1) is 0 Å². The Morgan fingerprint density at radius 3 is 2.92 bits per heavy atom. The summed E-state index contributed by atoms with van der Waals surface area (Å²) < 4.78 is 11.8. The smallest absolute Gasteiger partial charge is 0.279 e. The van der Waals surface area contributed by atoms with Crippen LogP contribution in [0.2, 0.25) is 0 Å². The third-order valence-electron chi connectivity index (χ3n) is 4.52. The number of carbonyl (C=O) groups is 1. The molecule has 1 aliphatic rings. The van der Waals surface area contributed by atoms with Gasteiger partial charge in [0.25, 0.3) is 5.91 Å². The number of amides is 1. The van der Waals surface area contributed by atoms with Crippen LogP contribution in [0.5, 0.6) is 11.5 Å². The lowest BCUT2D eigenvalue weighted by Crippen LogP contribution is -3.10. The minimum absolute atomic E-state index is 0.0469. The van der Waals surface area contributed by atoms with E-state index in [0.29, 0.717) is 23.7 Å². The first-order chi connectivity index (χ1) is 12.6. The molecule has 0 aliphatic carbocycles. The fourth-order valence-corrected chi connectivity index (χ4v) is 3.98. The van der Waals surface area contributed by atoms with Crippen molar-refractivity contribution in [3.63, 3.8) is 0 Å². The maximum Gasteiger partial charge on any atom is 0.279 e. The summed E-state index contributed by atoms with van der Waals surface area (Å²) in [5, 5.41) is 3.96. The van der Waals surface area contributed by atoms with E-state index in [0.717, 1.165) is 15.4 Å². The number of quaternary nitrogens is 1. The Labute approximate surface area is 155 Å². The van der Waals surface area contributed by atoms with E-state index in [-0.39, 0.29) is 18.7 Å². The minimum Gasteiger partial charge on any atom is -0.454 e. The lowest BCUT2D eigenvalue weighted by Gasteiger charge is -2.19. The summed E-state index contributed by atoms with van der Waals surface area (Å²) in [5.74, 6) is 1.32. The Kier molecular flexibility index (Phi) is 4.48. The molecule has 3 aromatic rings.